The summed E-state index contributed by atoms with van der Waals surface area (Å²) in [4.78, 5) is 11.4. The first-order valence-electron chi connectivity index (χ1n) is 6.03. The molecule has 4 unspecified atom stereocenters. The van der Waals surface area contributed by atoms with E-state index in [0.717, 1.165) is 12.3 Å². The van der Waals surface area contributed by atoms with Gasteiger partial charge in [0.2, 0.25) is 0 Å². The van der Waals surface area contributed by atoms with Gasteiger partial charge in [-0.3, -0.25) is 4.79 Å². The lowest BCUT2D eigenvalue weighted by Crippen LogP contribution is -2.36. The molecule has 0 N–H and O–H groups in total. The Balaban J connectivity index is 0.000000356. The Labute approximate surface area is 93.4 Å². The average Bonchev–Trinajstić information content (AvgIpc) is 2.82. The molecule has 2 heteroatoms. The molecule has 0 radical (unpaired) electrons. The van der Waals surface area contributed by atoms with E-state index >= 15 is 0 Å². The molecule has 1 aliphatic heterocycles. The first-order chi connectivity index (χ1) is 6.86. The van der Waals surface area contributed by atoms with E-state index in [0.29, 0.717) is 24.4 Å². The van der Waals surface area contributed by atoms with Crippen molar-refractivity contribution in [2.45, 2.75) is 47.0 Å². The number of hydrogen-bond acceptors (Lipinski definition) is 2. The van der Waals surface area contributed by atoms with Crippen LogP contribution < -0.4 is 0 Å². The van der Waals surface area contributed by atoms with Gasteiger partial charge in [0.25, 0.3) is 0 Å². The van der Waals surface area contributed by atoms with Crippen LogP contribution in [0.4, 0.5) is 0 Å². The van der Waals surface area contributed by atoms with Crippen LogP contribution in [0.1, 0.15) is 47.0 Å². The minimum atomic E-state index is 0. The monoisotopic (exact) mass is 212 g/mol. The highest BCUT2D eigenvalue weighted by molar-refractivity contribution is 5.74. The summed E-state index contributed by atoms with van der Waals surface area (Å²) >= 11 is 0. The number of carbonyl (C=O) groups is 1. The van der Waals surface area contributed by atoms with Gasteiger partial charge >= 0.3 is 5.97 Å². The van der Waals surface area contributed by atoms with Crippen molar-refractivity contribution in [3.8, 4) is 0 Å². The fraction of sp³-hybridized carbons (Fsp3) is 0.923. The highest BCUT2D eigenvalue weighted by atomic mass is 16.5. The van der Waals surface area contributed by atoms with E-state index < -0.39 is 0 Å². The second-order valence-electron chi connectivity index (χ2n) is 4.48. The summed E-state index contributed by atoms with van der Waals surface area (Å²) in [5, 5.41) is 0. The molecular formula is C13H24O2. The van der Waals surface area contributed by atoms with Gasteiger partial charge in [0.1, 0.15) is 0 Å². The van der Waals surface area contributed by atoms with Gasteiger partial charge < -0.3 is 4.74 Å². The molecule has 3 fully saturated rings. The molecule has 0 amide bonds. The first-order valence-corrected chi connectivity index (χ1v) is 6.03. The minimum absolute atomic E-state index is 0. The molecule has 2 nitrogen and oxygen atoms in total. The van der Waals surface area contributed by atoms with Gasteiger partial charge in [-0.25, -0.2) is 0 Å². The highest BCUT2D eigenvalue weighted by Crippen LogP contribution is 2.54. The second kappa shape index (κ2) is 5.00. The third-order valence-electron chi connectivity index (χ3n) is 4.06. The van der Waals surface area contributed by atoms with E-state index in [1.54, 1.807) is 0 Å². The number of rotatable bonds is 0. The fourth-order valence-electron chi connectivity index (χ4n) is 3.58. The van der Waals surface area contributed by atoms with E-state index in [-0.39, 0.29) is 13.4 Å². The molecule has 0 aromatic carbocycles. The van der Waals surface area contributed by atoms with E-state index in [4.69, 9.17) is 4.74 Å². The Morgan fingerprint density at radius 2 is 1.80 bits per heavy atom. The van der Waals surface area contributed by atoms with Gasteiger partial charge in [-0.2, -0.15) is 0 Å². The Bertz CT molecular complexity index is 225. The van der Waals surface area contributed by atoms with E-state index in [2.05, 4.69) is 0 Å². The van der Waals surface area contributed by atoms with Crippen molar-refractivity contribution in [2.75, 3.05) is 6.61 Å². The molecule has 1 heterocycles. The van der Waals surface area contributed by atoms with Crippen molar-refractivity contribution < 1.29 is 9.53 Å². The van der Waals surface area contributed by atoms with Crippen LogP contribution in [-0.2, 0) is 9.53 Å². The predicted octanol–water partition coefficient (Wildman–Crippen LogP) is 3.26. The summed E-state index contributed by atoms with van der Waals surface area (Å²) in [6, 6.07) is 0. The van der Waals surface area contributed by atoms with E-state index in [1.165, 1.54) is 19.3 Å². The summed E-state index contributed by atoms with van der Waals surface area (Å²) < 4.78 is 5.11. The maximum absolute atomic E-state index is 11.4. The molecule has 0 aromatic heterocycles. The second-order valence-corrected chi connectivity index (χ2v) is 4.48. The van der Waals surface area contributed by atoms with Crippen LogP contribution in [0.25, 0.3) is 0 Å². The summed E-state index contributed by atoms with van der Waals surface area (Å²) in [5.74, 6) is 2.67. The number of ether oxygens (including phenoxy) is 1. The molecule has 2 aliphatic carbocycles. The number of fused-ring (bicyclic) bond motifs is 5. The lowest BCUT2D eigenvalue weighted by atomic mass is 9.76. The number of hydrogen-bond donors (Lipinski definition) is 0. The molecule has 88 valence electrons. The molecule has 15 heavy (non-hydrogen) atoms. The third-order valence-corrected chi connectivity index (χ3v) is 4.06. The van der Waals surface area contributed by atoms with Gasteiger partial charge in [0.05, 0.1) is 12.5 Å². The van der Waals surface area contributed by atoms with Crippen LogP contribution in [0, 0.1) is 23.7 Å². The first kappa shape index (κ1) is 12.5. The molecule has 0 aromatic rings. The van der Waals surface area contributed by atoms with Crippen molar-refractivity contribution in [1.29, 1.82) is 0 Å². The van der Waals surface area contributed by atoms with Gasteiger partial charge in [-0.15, -0.1) is 0 Å². The lowest BCUT2D eigenvalue weighted by molar-refractivity contribution is -0.159. The van der Waals surface area contributed by atoms with Crippen LogP contribution >= 0.6 is 0 Å². The Kier molecular flexibility index (Phi) is 4.18. The molecular weight excluding hydrogens is 188 g/mol. The van der Waals surface area contributed by atoms with Crippen molar-refractivity contribution in [2.24, 2.45) is 23.7 Å². The number of carbonyl (C=O) groups excluding carboxylic acids is 1. The Morgan fingerprint density at radius 3 is 2.47 bits per heavy atom. The molecule has 1 saturated heterocycles. The average molecular weight is 212 g/mol. The van der Waals surface area contributed by atoms with Crippen molar-refractivity contribution in [3.63, 3.8) is 0 Å². The highest BCUT2D eigenvalue weighted by Gasteiger charge is 2.52. The van der Waals surface area contributed by atoms with E-state index in [9.17, 15) is 4.79 Å². The zero-order valence-electron chi connectivity index (χ0n) is 9.16. The van der Waals surface area contributed by atoms with Crippen molar-refractivity contribution in [3.05, 3.63) is 0 Å². The maximum atomic E-state index is 11.4. The van der Waals surface area contributed by atoms with Crippen LogP contribution in [-0.4, -0.2) is 12.6 Å². The number of cyclic esters (lactones) is 1. The zero-order valence-corrected chi connectivity index (χ0v) is 9.16. The Hall–Kier alpha value is -0.530. The standard InChI is InChI=1S/C10H14O2.C2H6.CH4/c11-10-9-7-2-1-6(5-7)8(9)3-4-12-10;1-2;/h6-9H,1-5H2;1-2H3;1H4. The summed E-state index contributed by atoms with van der Waals surface area (Å²) in [6.07, 6.45) is 5.10. The summed E-state index contributed by atoms with van der Waals surface area (Å²) in [7, 11) is 0. The van der Waals surface area contributed by atoms with Crippen LogP contribution in [0.15, 0.2) is 0 Å². The lowest BCUT2D eigenvalue weighted by Gasteiger charge is -2.33. The van der Waals surface area contributed by atoms with Gasteiger partial charge in [-0.1, -0.05) is 21.3 Å². The van der Waals surface area contributed by atoms with Crippen LogP contribution in [0.2, 0.25) is 0 Å². The van der Waals surface area contributed by atoms with Gasteiger partial charge in [-0.05, 0) is 43.4 Å². The fourth-order valence-corrected chi connectivity index (χ4v) is 3.58. The van der Waals surface area contributed by atoms with E-state index in [1.807, 2.05) is 13.8 Å². The molecule has 4 atom stereocenters. The summed E-state index contributed by atoms with van der Waals surface area (Å²) in [6.45, 7) is 4.68. The third kappa shape index (κ3) is 1.91. The Morgan fingerprint density at radius 1 is 1.13 bits per heavy atom. The molecule has 3 aliphatic rings. The number of esters is 1. The van der Waals surface area contributed by atoms with Crippen LogP contribution in [0.3, 0.4) is 0 Å². The summed E-state index contributed by atoms with van der Waals surface area (Å²) in [5.41, 5.74) is 0. The largest absolute Gasteiger partial charge is 0.465 e. The zero-order chi connectivity index (χ0) is 10.1. The normalized spacial score (nSPS) is 40.8. The predicted molar refractivity (Wildman–Crippen MR) is 61.5 cm³/mol. The molecule has 2 bridgehead atoms. The topological polar surface area (TPSA) is 26.3 Å². The smallest absolute Gasteiger partial charge is 0.309 e. The molecule has 0 spiro atoms. The quantitative estimate of drug-likeness (QED) is 0.576. The molecule has 2 saturated carbocycles. The van der Waals surface area contributed by atoms with Crippen molar-refractivity contribution >= 4 is 5.97 Å². The SMILES string of the molecule is C.CC.O=C1OCCC2C3CCC(C3)C12. The molecule has 3 rings (SSSR count). The van der Waals surface area contributed by atoms with Gasteiger partial charge in [0, 0.05) is 0 Å². The van der Waals surface area contributed by atoms with Crippen molar-refractivity contribution in [1.82, 2.24) is 0 Å². The van der Waals surface area contributed by atoms with Crippen LogP contribution in [0.5, 0.6) is 0 Å². The minimum Gasteiger partial charge on any atom is -0.465 e. The van der Waals surface area contributed by atoms with Gasteiger partial charge in [0.15, 0.2) is 0 Å². The maximum Gasteiger partial charge on any atom is 0.309 e.